The Hall–Kier alpha value is -3.92. The van der Waals surface area contributed by atoms with Gasteiger partial charge in [0, 0.05) is 18.5 Å². The van der Waals surface area contributed by atoms with E-state index in [0.717, 1.165) is 9.87 Å². The first-order valence-corrected chi connectivity index (χ1v) is 16.4. The van der Waals surface area contributed by atoms with Crippen LogP contribution in [0.5, 0.6) is 0 Å². The summed E-state index contributed by atoms with van der Waals surface area (Å²) < 4.78 is 42.9. The molecule has 0 spiro atoms. The summed E-state index contributed by atoms with van der Waals surface area (Å²) in [5.41, 5.74) is 0.703. The van der Waals surface area contributed by atoms with Gasteiger partial charge in [0.05, 0.1) is 20.6 Å². The summed E-state index contributed by atoms with van der Waals surface area (Å²) in [5.74, 6) is -1.57. The first kappa shape index (κ1) is 34.0. The van der Waals surface area contributed by atoms with Crippen molar-refractivity contribution in [3.05, 3.63) is 130 Å². The minimum absolute atomic E-state index is 0.00172. The van der Waals surface area contributed by atoms with Crippen LogP contribution in [0.4, 0.5) is 10.1 Å². The quantitative estimate of drug-likeness (QED) is 0.189. The molecule has 0 aliphatic carbocycles. The standard InChI is InChI=1S/C34H34Cl2FN3O4S/c1-34(2,3)38-33(42)30(21-24-11-6-4-7-12-24)39(22-25-17-19-26(37)20-18-25)31(41)23-40(29-16-10-15-28(35)32(29)36)45(43,44)27-13-8-5-9-14-27/h4-20,30H,21-23H2,1-3H3,(H,38,42)/t30-/m1/s1. The minimum atomic E-state index is -4.34. The lowest BCUT2D eigenvalue weighted by Gasteiger charge is -2.35. The monoisotopic (exact) mass is 669 g/mol. The van der Waals surface area contributed by atoms with Crippen LogP contribution in [0.25, 0.3) is 0 Å². The zero-order chi connectivity index (χ0) is 32.8. The van der Waals surface area contributed by atoms with Crippen LogP contribution in [-0.4, -0.2) is 43.3 Å². The van der Waals surface area contributed by atoms with E-state index in [0.29, 0.717) is 5.56 Å². The molecule has 1 N–H and O–H groups in total. The first-order valence-electron chi connectivity index (χ1n) is 14.2. The lowest BCUT2D eigenvalue weighted by molar-refractivity contribution is -0.140. The van der Waals surface area contributed by atoms with Gasteiger partial charge in [-0.25, -0.2) is 12.8 Å². The number of benzene rings is 4. The Morgan fingerprint density at radius 2 is 1.42 bits per heavy atom. The molecule has 0 aliphatic rings. The zero-order valence-electron chi connectivity index (χ0n) is 25.1. The number of carbonyl (C=O) groups excluding carboxylic acids is 2. The van der Waals surface area contributed by atoms with Crippen LogP contribution in [0.1, 0.15) is 31.9 Å². The van der Waals surface area contributed by atoms with Gasteiger partial charge in [0.25, 0.3) is 10.0 Å². The number of anilines is 1. The van der Waals surface area contributed by atoms with E-state index in [1.54, 1.807) is 18.2 Å². The summed E-state index contributed by atoms with van der Waals surface area (Å²) in [4.78, 5) is 29.6. The van der Waals surface area contributed by atoms with Crippen LogP contribution in [0, 0.1) is 5.82 Å². The van der Waals surface area contributed by atoms with Crippen LogP contribution >= 0.6 is 23.2 Å². The number of sulfonamides is 1. The molecule has 0 saturated carbocycles. The van der Waals surface area contributed by atoms with Crippen LogP contribution in [0.2, 0.25) is 10.0 Å². The van der Waals surface area contributed by atoms with Crippen molar-refractivity contribution in [3.63, 3.8) is 0 Å². The molecule has 4 aromatic rings. The maximum absolute atomic E-state index is 14.5. The van der Waals surface area contributed by atoms with Gasteiger partial charge in [-0.05, 0) is 68.3 Å². The van der Waals surface area contributed by atoms with E-state index in [1.165, 1.54) is 59.5 Å². The number of hydrogen-bond donors (Lipinski definition) is 1. The maximum atomic E-state index is 14.5. The van der Waals surface area contributed by atoms with Crippen molar-refractivity contribution in [2.24, 2.45) is 0 Å². The molecule has 0 aromatic heterocycles. The molecule has 45 heavy (non-hydrogen) atoms. The Kier molecular flexibility index (Phi) is 10.9. The highest BCUT2D eigenvalue weighted by atomic mass is 35.5. The van der Waals surface area contributed by atoms with E-state index in [1.807, 2.05) is 51.1 Å². The van der Waals surface area contributed by atoms with Crippen LogP contribution < -0.4 is 9.62 Å². The summed E-state index contributed by atoms with van der Waals surface area (Å²) in [7, 11) is -4.34. The molecular weight excluding hydrogens is 636 g/mol. The second-order valence-corrected chi connectivity index (χ2v) is 14.1. The first-order chi connectivity index (χ1) is 21.3. The summed E-state index contributed by atoms with van der Waals surface area (Å²) in [5, 5.41) is 3.01. The number of halogens is 3. The molecule has 0 fully saturated rings. The Bertz CT molecular complexity index is 1730. The Labute approximate surface area is 273 Å². The smallest absolute Gasteiger partial charge is 0.264 e. The maximum Gasteiger partial charge on any atom is 0.264 e. The lowest BCUT2D eigenvalue weighted by Crippen LogP contribution is -2.56. The van der Waals surface area contributed by atoms with Crippen LogP contribution in [0.15, 0.2) is 108 Å². The van der Waals surface area contributed by atoms with Crippen molar-refractivity contribution in [2.45, 2.75) is 50.2 Å². The van der Waals surface area contributed by atoms with Crippen LogP contribution in [-0.2, 0) is 32.6 Å². The fourth-order valence-electron chi connectivity index (χ4n) is 4.71. The predicted octanol–water partition coefficient (Wildman–Crippen LogP) is 6.88. The molecule has 4 rings (SSSR count). The van der Waals surface area contributed by atoms with E-state index in [9.17, 15) is 22.4 Å². The third kappa shape index (κ3) is 8.84. The third-order valence-electron chi connectivity index (χ3n) is 6.85. The van der Waals surface area contributed by atoms with E-state index in [4.69, 9.17) is 23.2 Å². The van der Waals surface area contributed by atoms with Gasteiger partial charge in [-0.2, -0.15) is 0 Å². The molecule has 0 radical (unpaired) electrons. The van der Waals surface area contributed by atoms with E-state index in [2.05, 4.69) is 5.32 Å². The molecule has 11 heteroatoms. The Balaban J connectivity index is 1.84. The van der Waals surface area contributed by atoms with Crippen molar-refractivity contribution < 1.29 is 22.4 Å². The number of nitrogens with one attached hydrogen (secondary N) is 1. The van der Waals surface area contributed by atoms with Crippen molar-refractivity contribution in [3.8, 4) is 0 Å². The second kappa shape index (κ2) is 14.5. The lowest BCUT2D eigenvalue weighted by atomic mass is 10.0. The molecule has 0 heterocycles. The van der Waals surface area contributed by atoms with Gasteiger partial charge in [0.1, 0.15) is 18.4 Å². The number of hydrogen-bond acceptors (Lipinski definition) is 4. The molecule has 236 valence electrons. The van der Waals surface area contributed by atoms with Gasteiger partial charge < -0.3 is 10.2 Å². The number of rotatable bonds is 11. The summed E-state index contributed by atoms with van der Waals surface area (Å²) >= 11 is 12.8. The predicted molar refractivity (Wildman–Crippen MR) is 176 cm³/mol. The van der Waals surface area contributed by atoms with Gasteiger partial charge in [0.15, 0.2) is 0 Å². The second-order valence-electron chi connectivity index (χ2n) is 11.5. The minimum Gasteiger partial charge on any atom is -0.350 e. The molecule has 0 bridgehead atoms. The molecule has 1 atom stereocenters. The Morgan fingerprint density at radius 1 is 0.822 bits per heavy atom. The van der Waals surface area contributed by atoms with E-state index >= 15 is 0 Å². The van der Waals surface area contributed by atoms with Crippen molar-refractivity contribution in [1.29, 1.82) is 0 Å². The van der Waals surface area contributed by atoms with Gasteiger partial charge in [0.2, 0.25) is 11.8 Å². The number of nitrogens with zero attached hydrogens (tertiary/aromatic N) is 2. The summed E-state index contributed by atoms with van der Waals surface area (Å²) in [6.07, 6.45) is 0.138. The van der Waals surface area contributed by atoms with Gasteiger partial charge in [-0.1, -0.05) is 89.9 Å². The fraction of sp³-hybridized carbons (Fsp3) is 0.235. The molecule has 7 nitrogen and oxygen atoms in total. The highest BCUT2D eigenvalue weighted by Crippen LogP contribution is 2.35. The average molecular weight is 671 g/mol. The number of carbonyl (C=O) groups is 2. The van der Waals surface area contributed by atoms with Gasteiger partial charge >= 0.3 is 0 Å². The SMILES string of the molecule is CC(C)(C)NC(=O)[C@@H](Cc1ccccc1)N(Cc1ccc(F)cc1)C(=O)CN(c1cccc(Cl)c1Cl)S(=O)(=O)c1ccccc1. The average Bonchev–Trinajstić information content (AvgIpc) is 3.00. The third-order valence-corrected chi connectivity index (χ3v) is 9.43. The van der Waals surface area contributed by atoms with Crippen LogP contribution in [0.3, 0.4) is 0 Å². The molecular formula is C34H34Cl2FN3O4S. The fourth-order valence-corrected chi connectivity index (χ4v) is 6.61. The van der Waals surface area contributed by atoms with Crippen molar-refractivity contribution in [2.75, 3.05) is 10.8 Å². The highest BCUT2D eigenvalue weighted by Gasteiger charge is 2.36. The van der Waals surface area contributed by atoms with E-state index < -0.39 is 45.8 Å². The largest absolute Gasteiger partial charge is 0.350 e. The topological polar surface area (TPSA) is 86.8 Å². The summed E-state index contributed by atoms with van der Waals surface area (Å²) in [6, 6.07) is 25.8. The molecule has 4 aromatic carbocycles. The highest BCUT2D eigenvalue weighted by molar-refractivity contribution is 7.92. The zero-order valence-corrected chi connectivity index (χ0v) is 27.4. The molecule has 0 saturated heterocycles. The van der Waals surface area contributed by atoms with Crippen molar-refractivity contribution >= 4 is 50.7 Å². The molecule has 0 aliphatic heterocycles. The summed E-state index contributed by atoms with van der Waals surface area (Å²) in [6.45, 7) is 4.67. The van der Waals surface area contributed by atoms with Crippen molar-refractivity contribution in [1.82, 2.24) is 10.2 Å². The molecule has 0 unspecified atom stereocenters. The Morgan fingerprint density at radius 3 is 2.02 bits per heavy atom. The van der Waals surface area contributed by atoms with Gasteiger partial charge in [-0.15, -0.1) is 0 Å². The normalized spacial score (nSPS) is 12.3. The van der Waals surface area contributed by atoms with E-state index in [-0.39, 0.29) is 33.6 Å². The van der Waals surface area contributed by atoms with Gasteiger partial charge in [-0.3, -0.25) is 13.9 Å². The molecule has 2 amide bonds. The number of amides is 2.